The molecule has 3 amide bonds. The van der Waals surface area contributed by atoms with Crippen LogP contribution in [0, 0.1) is 0 Å². The zero-order valence-electron chi connectivity index (χ0n) is 17.5. The molecule has 0 aliphatic heterocycles. The van der Waals surface area contributed by atoms with E-state index in [1.807, 2.05) is 20.8 Å². The molecule has 2 aromatic rings. The van der Waals surface area contributed by atoms with E-state index in [-0.39, 0.29) is 29.8 Å². The number of hydrogen-bond donors (Lipinski definition) is 3. The van der Waals surface area contributed by atoms with Crippen LogP contribution in [0.4, 0.5) is 11.4 Å². The maximum absolute atomic E-state index is 12.3. The summed E-state index contributed by atoms with van der Waals surface area (Å²) in [5.74, 6) is -0.518. The Bertz CT molecular complexity index is 884. The SMILES string of the molecule is CN(C)C(=O)c1ccc(NCC(=O)Nc2cccc(C(=O)NC(C)(C)C)c2)cc1. The van der Waals surface area contributed by atoms with Crippen molar-refractivity contribution >= 4 is 29.1 Å². The van der Waals surface area contributed by atoms with Gasteiger partial charge in [0, 0.05) is 42.1 Å². The van der Waals surface area contributed by atoms with Gasteiger partial charge in [0.2, 0.25) is 5.91 Å². The molecule has 2 rings (SSSR count). The molecule has 0 bridgehead atoms. The summed E-state index contributed by atoms with van der Waals surface area (Å²) in [7, 11) is 3.39. The van der Waals surface area contributed by atoms with Crippen LogP contribution in [0.5, 0.6) is 0 Å². The second-order valence-corrected chi connectivity index (χ2v) is 7.96. The second-order valence-electron chi connectivity index (χ2n) is 7.96. The van der Waals surface area contributed by atoms with Gasteiger partial charge < -0.3 is 20.9 Å². The molecule has 3 N–H and O–H groups in total. The Morgan fingerprint density at radius 2 is 1.55 bits per heavy atom. The zero-order chi connectivity index (χ0) is 21.6. The second kappa shape index (κ2) is 9.23. The Morgan fingerprint density at radius 1 is 0.897 bits per heavy atom. The molecule has 0 saturated carbocycles. The Kier molecular flexibility index (Phi) is 6.98. The van der Waals surface area contributed by atoms with E-state index in [2.05, 4.69) is 16.0 Å². The van der Waals surface area contributed by atoms with Crippen molar-refractivity contribution in [3.63, 3.8) is 0 Å². The van der Waals surface area contributed by atoms with E-state index in [0.717, 1.165) is 5.69 Å². The molecule has 7 heteroatoms. The van der Waals surface area contributed by atoms with Gasteiger partial charge in [-0.25, -0.2) is 0 Å². The van der Waals surface area contributed by atoms with Gasteiger partial charge in [0.1, 0.15) is 0 Å². The average molecular weight is 396 g/mol. The van der Waals surface area contributed by atoms with E-state index in [9.17, 15) is 14.4 Å². The first kappa shape index (κ1) is 21.9. The minimum absolute atomic E-state index is 0.0549. The third kappa shape index (κ3) is 6.95. The van der Waals surface area contributed by atoms with Crippen molar-refractivity contribution in [3.8, 4) is 0 Å². The third-order valence-electron chi connectivity index (χ3n) is 3.89. The lowest BCUT2D eigenvalue weighted by Gasteiger charge is -2.20. The molecule has 0 aliphatic carbocycles. The van der Waals surface area contributed by atoms with Crippen LogP contribution in [-0.4, -0.2) is 48.8 Å². The van der Waals surface area contributed by atoms with Crippen LogP contribution in [0.1, 0.15) is 41.5 Å². The average Bonchev–Trinajstić information content (AvgIpc) is 2.65. The van der Waals surface area contributed by atoms with E-state index < -0.39 is 0 Å². The van der Waals surface area contributed by atoms with Gasteiger partial charge in [-0.05, 0) is 63.2 Å². The van der Waals surface area contributed by atoms with E-state index >= 15 is 0 Å². The maximum Gasteiger partial charge on any atom is 0.253 e. The molecule has 0 fully saturated rings. The van der Waals surface area contributed by atoms with Crippen LogP contribution in [0.3, 0.4) is 0 Å². The number of hydrogen-bond acceptors (Lipinski definition) is 4. The summed E-state index contributed by atoms with van der Waals surface area (Å²) in [6.07, 6.45) is 0. The van der Waals surface area contributed by atoms with Crippen molar-refractivity contribution in [3.05, 3.63) is 59.7 Å². The Hall–Kier alpha value is -3.35. The van der Waals surface area contributed by atoms with Gasteiger partial charge in [0.25, 0.3) is 11.8 Å². The lowest BCUT2D eigenvalue weighted by molar-refractivity contribution is -0.114. The first-order valence-corrected chi connectivity index (χ1v) is 9.33. The minimum atomic E-state index is -0.340. The molecule has 0 heterocycles. The fourth-order valence-corrected chi connectivity index (χ4v) is 2.53. The first-order chi connectivity index (χ1) is 13.5. The van der Waals surface area contributed by atoms with Crippen LogP contribution < -0.4 is 16.0 Å². The number of benzene rings is 2. The van der Waals surface area contributed by atoms with Crippen molar-refractivity contribution in [2.75, 3.05) is 31.3 Å². The molecular weight excluding hydrogens is 368 g/mol. The Balaban J connectivity index is 1.92. The Labute approximate surface area is 171 Å². The number of anilines is 2. The van der Waals surface area contributed by atoms with Crippen LogP contribution >= 0.6 is 0 Å². The lowest BCUT2D eigenvalue weighted by Crippen LogP contribution is -2.40. The topological polar surface area (TPSA) is 90.5 Å². The standard InChI is InChI=1S/C22H28N4O3/c1-22(2,3)25-20(28)16-7-6-8-18(13-16)24-19(27)14-23-17-11-9-15(10-12-17)21(29)26(4)5/h6-13,23H,14H2,1-5H3,(H,24,27)(H,25,28). The minimum Gasteiger partial charge on any atom is -0.376 e. The summed E-state index contributed by atoms with van der Waals surface area (Å²) in [6, 6.07) is 13.7. The number of amides is 3. The number of nitrogens with one attached hydrogen (secondary N) is 3. The van der Waals surface area contributed by atoms with Crippen molar-refractivity contribution in [2.24, 2.45) is 0 Å². The molecule has 0 unspecified atom stereocenters. The molecule has 0 aromatic heterocycles. The molecule has 0 spiro atoms. The fraction of sp³-hybridized carbons (Fsp3) is 0.318. The summed E-state index contributed by atoms with van der Waals surface area (Å²) in [5.41, 5.74) is 1.99. The van der Waals surface area contributed by atoms with Crippen LogP contribution in [-0.2, 0) is 4.79 Å². The van der Waals surface area contributed by atoms with Gasteiger partial charge in [-0.3, -0.25) is 14.4 Å². The molecule has 29 heavy (non-hydrogen) atoms. The molecule has 0 saturated heterocycles. The van der Waals surface area contributed by atoms with Crippen molar-refractivity contribution in [1.29, 1.82) is 0 Å². The highest BCUT2D eigenvalue weighted by molar-refractivity contribution is 5.98. The first-order valence-electron chi connectivity index (χ1n) is 9.33. The molecule has 7 nitrogen and oxygen atoms in total. The zero-order valence-corrected chi connectivity index (χ0v) is 17.5. The monoisotopic (exact) mass is 396 g/mol. The maximum atomic E-state index is 12.3. The molecular formula is C22H28N4O3. The van der Waals surface area contributed by atoms with Crippen LogP contribution in [0.2, 0.25) is 0 Å². The number of carbonyl (C=O) groups is 3. The number of rotatable bonds is 6. The van der Waals surface area contributed by atoms with Gasteiger partial charge in [-0.15, -0.1) is 0 Å². The lowest BCUT2D eigenvalue weighted by atomic mass is 10.1. The number of carbonyl (C=O) groups excluding carboxylic acids is 3. The quantitative estimate of drug-likeness (QED) is 0.700. The summed E-state index contributed by atoms with van der Waals surface area (Å²) < 4.78 is 0. The molecule has 0 atom stereocenters. The predicted octanol–water partition coefficient (Wildman–Crippen LogP) is 2.97. The van der Waals surface area contributed by atoms with Crippen LogP contribution in [0.15, 0.2) is 48.5 Å². The normalized spacial score (nSPS) is 10.8. The Morgan fingerprint density at radius 3 is 2.14 bits per heavy atom. The molecule has 0 aliphatic rings. The molecule has 2 aromatic carbocycles. The van der Waals surface area contributed by atoms with Crippen molar-refractivity contribution in [2.45, 2.75) is 26.3 Å². The fourth-order valence-electron chi connectivity index (χ4n) is 2.53. The van der Waals surface area contributed by atoms with Gasteiger partial charge >= 0.3 is 0 Å². The van der Waals surface area contributed by atoms with Gasteiger partial charge in [0.05, 0.1) is 6.54 Å². The smallest absolute Gasteiger partial charge is 0.253 e. The van der Waals surface area contributed by atoms with Crippen molar-refractivity contribution in [1.82, 2.24) is 10.2 Å². The molecule has 154 valence electrons. The largest absolute Gasteiger partial charge is 0.376 e. The highest BCUT2D eigenvalue weighted by Gasteiger charge is 2.15. The summed E-state index contributed by atoms with van der Waals surface area (Å²) in [5, 5.41) is 8.68. The van der Waals surface area contributed by atoms with E-state index in [0.29, 0.717) is 16.8 Å². The van der Waals surface area contributed by atoms with Crippen molar-refractivity contribution < 1.29 is 14.4 Å². The van der Waals surface area contributed by atoms with Crippen LogP contribution in [0.25, 0.3) is 0 Å². The van der Waals surface area contributed by atoms with Gasteiger partial charge in [-0.2, -0.15) is 0 Å². The number of nitrogens with zero attached hydrogens (tertiary/aromatic N) is 1. The van der Waals surface area contributed by atoms with E-state index in [1.54, 1.807) is 62.6 Å². The van der Waals surface area contributed by atoms with Gasteiger partial charge in [0.15, 0.2) is 0 Å². The van der Waals surface area contributed by atoms with Gasteiger partial charge in [-0.1, -0.05) is 6.07 Å². The predicted molar refractivity (Wildman–Crippen MR) is 115 cm³/mol. The summed E-state index contributed by atoms with van der Waals surface area (Å²) in [4.78, 5) is 37.9. The highest BCUT2D eigenvalue weighted by atomic mass is 16.2. The van der Waals surface area contributed by atoms with E-state index in [4.69, 9.17) is 0 Å². The highest BCUT2D eigenvalue weighted by Crippen LogP contribution is 2.13. The van der Waals surface area contributed by atoms with E-state index in [1.165, 1.54) is 4.90 Å². The third-order valence-corrected chi connectivity index (χ3v) is 3.89. The molecule has 0 radical (unpaired) electrons. The summed E-state index contributed by atoms with van der Waals surface area (Å²) in [6.45, 7) is 5.78. The summed E-state index contributed by atoms with van der Waals surface area (Å²) >= 11 is 0.